The first-order chi connectivity index (χ1) is 11.5. The zero-order valence-corrected chi connectivity index (χ0v) is 14.1. The SMILES string of the molecule is CC1(C)Cc2cccc(Cn3nnn(C4CCOCC4)c3=O)c2O1. The predicted molar refractivity (Wildman–Crippen MR) is 87.3 cm³/mol. The summed E-state index contributed by atoms with van der Waals surface area (Å²) >= 11 is 0. The molecule has 1 saturated heterocycles. The van der Waals surface area contributed by atoms with Crippen LogP contribution in [0.25, 0.3) is 0 Å². The Kier molecular flexibility index (Phi) is 3.68. The lowest BCUT2D eigenvalue weighted by atomic mass is 10.0. The number of aromatic nitrogens is 4. The van der Waals surface area contributed by atoms with Gasteiger partial charge in [0.2, 0.25) is 0 Å². The topological polar surface area (TPSA) is 71.2 Å². The largest absolute Gasteiger partial charge is 0.487 e. The minimum absolute atomic E-state index is 0.0803. The summed E-state index contributed by atoms with van der Waals surface area (Å²) in [6.45, 7) is 5.86. The smallest absolute Gasteiger partial charge is 0.364 e. The van der Waals surface area contributed by atoms with Crippen molar-refractivity contribution in [2.24, 2.45) is 0 Å². The number of hydrogen-bond acceptors (Lipinski definition) is 5. The van der Waals surface area contributed by atoms with E-state index < -0.39 is 0 Å². The third-order valence-corrected chi connectivity index (χ3v) is 4.69. The average Bonchev–Trinajstić information content (AvgIpc) is 3.08. The Hall–Kier alpha value is -2.15. The molecule has 1 fully saturated rings. The van der Waals surface area contributed by atoms with Gasteiger partial charge in [-0.25, -0.2) is 4.79 Å². The molecule has 0 spiro atoms. The molecule has 3 heterocycles. The first-order valence-electron chi connectivity index (χ1n) is 8.43. The average molecular weight is 330 g/mol. The fourth-order valence-electron chi connectivity index (χ4n) is 3.51. The molecule has 0 saturated carbocycles. The Bertz CT molecular complexity index is 802. The highest BCUT2D eigenvalue weighted by Crippen LogP contribution is 2.37. The number of nitrogens with zero attached hydrogens (tertiary/aromatic N) is 4. The Morgan fingerprint density at radius 1 is 1.25 bits per heavy atom. The van der Waals surface area contributed by atoms with E-state index >= 15 is 0 Å². The van der Waals surface area contributed by atoms with Gasteiger partial charge in [-0.15, -0.1) is 0 Å². The summed E-state index contributed by atoms with van der Waals surface area (Å²) in [5.74, 6) is 0.884. The third kappa shape index (κ3) is 2.73. The van der Waals surface area contributed by atoms with Gasteiger partial charge in [0.1, 0.15) is 11.4 Å². The quantitative estimate of drug-likeness (QED) is 0.854. The fourth-order valence-corrected chi connectivity index (χ4v) is 3.51. The van der Waals surface area contributed by atoms with Crippen LogP contribution in [-0.4, -0.2) is 38.6 Å². The molecule has 7 nitrogen and oxygen atoms in total. The maximum Gasteiger partial charge on any atom is 0.364 e. The highest BCUT2D eigenvalue weighted by Gasteiger charge is 2.32. The van der Waals surface area contributed by atoms with E-state index in [0.29, 0.717) is 19.8 Å². The Labute approximate surface area is 140 Å². The van der Waals surface area contributed by atoms with Gasteiger partial charge < -0.3 is 9.47 Å². The molecule has 4 rings (SSSR count). The normalized spacial score (nSPS) is 19.9. The molecular formula is C17H22N4O3. The van der Waals surface area contributed by atoms with Crippen molar-refractivity contribution in [2.45, 2.75) is 51.3 Å². The first-order valence-corrected chi connectivity index (χ1v) is 8.43. The van der Waals surface area contributed by atoms with Crippen molar-refractivity contribution in [2.75, 3.05) is 13.2 Å². The van der Waals surface area contributed by atoms with Crippen molar-refractivity contribution < 1.29 is 9.47 Å². The molecular weight excluding hydrogens is 308 g/mol. The molecule has 2 aliphatic rings. The van der Waals surface area contributed by atoms with Crippen LogP contribution in [0.4, 0.5) is 0 Å². The van der Waals surface area contributed by atoms with Gasteiger partial charge >= 0.3 is 5.69 Å². The number of hydrogen-bond donors (Lipinski definition) is 0. The zero-order valence-electron chi connectivity index (χ0n) is 14.1. The van der Waals surface area contributed by atoms with Gasteiger partial charge in [-0.3, -0.25) is 0 Å². The number of tetrazole rings is 1. The summed E-state index contributed by atoms with van der Waals surface area (Å²) in [7, 11) is 0. The number of rotatable bonds is 3. The molecule has 128 valence electrons. The number of para-hydroxylation sites is 1. The van der Waals surface area contributed by atoms with Gasteiger partial charge in [-0.1, -0.05) is 18.2 Å². The summed E-state index contributed by atoms with van der Waals surface area (Å²) in [6, 6.07) is 6.15. The van der Waals surface area contributed by atoms with Crippen molar-refractivity contribution in [1.82, 2.24) is 19.8 Å². The van der Waals surface area contributed by atoms with E-state index in [-0.39, 0.29) is 17.3 Å². The molecule has 1 aromatic carbocycles. The number of ether oxygens (including phenoxy) is 2. The number of fused-ring (bicyclic) bond motifs is 1. The molecule has 0 unspecified atom stereocenters. The minimum atomic E-state index is -0.205. The Morgan fingerprint density at radius 3 is 2.83 bits per heavy atom. The second kappa shape index (κ2) is 5.73. The monoisotopic (exact) mass is 330 g/mol. The van der Waals surface area contributed by atoms with E-state index in [0.717, 1.165) is 30.6 Å². The van der Waals surface area contributed by atoms with Crippen molar-refractivity contribution in [1.29, 1.82) is 0 Å². The molecule has 2 aliphatic heterocycles. The van der Waals surface area contributed by atoms with Crippen LogP contribution in [-0.2, 0) is 17.7 Å². The van der Waals surface area contributed by atoms with Crippen LogP contribution in [0.15, 0.2) is 23.0 Å². The Balaban J connectivity index is 1.61. The van der Waals surface area contributed by atoms with E-state index in [1.165, 1.54) is 14.9 Å². The van der Waals surface area contributed by atoms with Crippen LogP contribution < -0.4 is 10.4 Å². The van der Waals surface area contributed by atoms with Crippen molar-refractivity contribution >= 4 is 0 Å². The molecule has 0 radical (unpaired) electrons. The standard InChI is InChI=1S/C17H22N4O3/c1-17(2)10-12-4-3-5-13(15(12)24-17)11-20-16(22)21(19-18-20)14-6-8-23-9-7-14/h3-5,14H,6-11H2,1-2H3. The molecule has 0 amide bonds. The first kappa shape index (κ1) is 15.4. The predicted octanol–water partition coefficient (Wildman–Crippen LogP) is 1.55. The van der Waals surface area contributed by atoms with E-state index in [4.69, 9.17) is 9.47 Å². The molecule has 0 aliphatic carbocycles. The summed E-state index contributed by atoms with van der Waals surface area (Å²) in [4.78, 5) is 12.6. The molecule has 0 atom stereocenters. The van der Waals surface area contributed by atoms with Crippen LogP contribution >= 0.6 is 0 Å². The number of benzene rings is 1. The van der Waals surface area contributed by atoms with Crippen LogP contribution in [0, 0.1) is 0 Å². The van der Waals surface area contributed by atoms with Crippen LogP contribution in [0.5, 0.6) is 5.75 Å². The lowest BCUT2D eigenvalue weighted by Gasteiger charge is -2.20. The molecule has 2 aromatic rings. The summed E-state index contributed by atoms with van der Waals surface area (Å²) in [5.41, 5.74) is 1.78. The summed E-state index contributed by atoms with van der Waals surface area (Å²) < 4.78 is 14.3. The molecule has 1 aromatic heterocycles. The maximum atomic E-state index is 12.6. The molecule has 24 heavy (non-hydrogen) atoms. The van der Waals surface area contributed by atoms with Crippen LogP contribution in [0.3, 0.4) is 0 Å². The molecule has 0 N–H and O–H groups in total. The second-order valence-electron chi connectivity index (χ2n) is 7.15. The lowest BCUT2D eigenvalue weighted by molar-refractivity contribution is 0.0647. The van der Waals surface area contributed by atoms with Crippen molar-refractivity contribution in [3.63, 3.8) is 0 Å². The van der Waals surface area contributed by atoms with Gasteiger partial charge in [-0.2, -0.15) is 9.36 Å². The van der Waals surface area contributed by atoms with Crippen LogP contribution in [0.2, 0.25) is 0 Å². The van der Waals surface area contributed by atoms with E-state index in [2.05, 4.69) is 30.3 Å². The van der Waals surface area contributed by atoms with Crippen LogP contribution in [0.1, 0.15) is 43.9 Å². The second-order valence-corrected chi connectivity index (χ2v) is 7.15. The van der Waals surface area contributed by atoms with Gasteiger partial charge in [0.15, 0.2) is 0 Å². The third-order valence-electron chi connectivity index (χ3n) is 4.69. The van der Waals surface area contributed by atoms with E-state index in [9.17, 15) is 4.79 Å². The van der Waals surface area contributed by atoms with E-state index in [1.54, 1.807) is 0 Å². The minimum Gasteiger partial charge on any atom is -0.487 e. The van der Waals surface area contributed by atoms with Gasteiger partial charge in [0.25, 0.3) is 0 Å². The lowest BCUT2D eigenvalue weighted by Crippen LogP contribution is -2.31. The van der Waals surface area contributed by atoms with Crippen molar-refractivity contribution in [3.05, 3.63) is 39.8 Å². The highest BCUT2D eigenvalue weighted by molar-refractivity contribution is 5.45. The van der Waals surface area contributed by atoms with E-state index in [1.807, 2.05) is 12.1 Å². The summed E-state index contributed by atoms with van der Waals surface area (Å²) in [6.07, 6.45) is 2.48. The van der Waals surface area contributed by atoms with Gasteiger partial charge in [-0.05, 0) is 42.7 Å². The zero-order chi connectivity index (χ0) is 16.7. The molecule has 7 heteroatoms. The van der Waals surface area contributed by atoms with Gasteiger partial charge in [0.05, 0.1) is 12.6 Å². The Morgan fingerprint density at radius 2 is 2.04 bits per heavy atom. The maximum absolute atomic E-state index is 12.6. The summed E-state index contributed by atoms with van der Waals surface area (Å²) in [5, 5.41) is 8.15. The highest BCUT2D eigenvalue weighted by atomic mass is 16.5. The van der Waals surface area contributed by atoms with Crippen molar-refractivity contribution in [3.8, 4) is 5.75 Å². The van der Waals surface area contributed by atoms with Gasteiger partial charge in [0, 0.05) is 25.2 Å². The molecule has 0 bridgehead atoms. The fraction of sp³-hybridized carbons (Fsp3) is 0.588.